The second-order valence-corrected chi connectivity index (χ2v) is 7.05. The summed E-state index contributed by atoms with van der Waals surface area (Å²) < 4.78 is 0. The van der Waals surface area contributed by atoms with Crippen LogP contribution in [0.4, 0.5) is 5.69 Å². The summed E-state index contributed by atoms with van der Waals surface area (Å²) in [5.41, 5.74) is 2.79. The Hall–Kier alpha value is -1.57. The molecule has 0 saturated heterocycles. The van der Waals surface area contributed by atoms with E-state index in [0.29, 0.717) is 11.5 Å². The first-order chi connectivity index (χ1) is 9.53. The van der Waals surface area contributed by atoms with Crippen molar-refractivity contribution in [2.24, 2.45) is 11.3 Å². The zero-order valence-electron chi connectivity index (χ0n) is 12.7. The maximum atomic E-state index is 4.38. The maximum absolute atomic E-state index is 4.38. The second-order valence-electron chi connectivity index (χ2n) is 7.05. The van der Waals surface area contributed by atoms with E-state index < -0.39 is 0 Å². The molecule has 1 aliphatic rings. The number of rotatable bonds is 2. The van der Waals surface area contributed by atoms with Gasteiger partial charge in [0.05, 0.1) is 5.52 Å². The maximum Gasteiger partial charge on any atom is 0.0703 e. The summed E-state index contributed by atoms with van der Waals surface area (Å²) in [7, 11) is 0. The fourth-order valence-electron chi connectivity index (χ4n) is 3.54. The molecule has 0 aliphatic heterocycles. The molecule has 2 nitrogen and oxygen atoms in total. The molecule has 1 aromatic carbocycles. The average molecular weight is 268 g/mol. The van der Waals surface area contributed by atoms with Crippen molar-refractivity contribution in [3.8, 4) is 0 Å². The predicted octanol–water partition coefficient (Wildman–Crippen LogP) is 4.86. The van der Waals surface area contributed by atoms with E-state index in [2.05, 4.69) is 55.3 Å². The highest BCUT2D eigenvalue weighted by Crippen LogP contribution is 2.39. The van der Waals surface area contributed by atoms with Crippen molar-refractivity contribution in [1.29, 1.82) is 0 Å². The minimum Gasteiger partial charge on any atom is -0.382 e. The molecule has 0 spiro atoms. The second kappa shape index (κ2) is 5.08. The van der Waals surface area contributed by atoms with Crippen molar-refractivity contribution in [2.75, 3.05) is 5.32 Å². The molecule has 1 heterocycles. The molecule has 1 N–H and O–H groups in total. The summed E-state index contributed by atoms with van der Waals surface area (Å²) in [6.45, 7) is 7.16. The zero-order chi connectivity index (χ0) is 14.2. The molecular weight excluding hydrogens is 244 g/mol. The molecule has 3 rings (SSSR count). The van der Waals surface area contributed by atoms with Crippen LogP contribution in [0.15, 0.2) is 36.5 Å². The van der Waals surface area contributed by atoms with Gasteiger partial charge in [-0.25, -0.2) is 0 Å². The highest BCUT2D eigenvalue weighted by molar-refractivity contribution is 5.82. The minimum absolute atomic E-state index is 0.505. The highest BCUT2D eigenvalue weighted by atomic mass is 14.9. The zero-order valence-corrected chi connectivity index (χ0v) is 12.7. The molecule has 1 aromatic heterocycles. The van der Waals surface area contributed by atoms with Gasteiger partial charge in [-0.15, -0.1) is 0 Å². The van der Waals surface area contributed by atoms with Crippen LogP contribution in [0.3, 0.4) is 0 Å². The van der Waals surface area contributed by atoms with Crippen LogP contribution in [-0.2, 0) is 0 Å². The number of fused-ring (bicyclic) bond motifs is 1. The molecule has 0 radical (unpaired) electrons. The molecule has 0 amide bonds. The first-order valence-electron chi connectivity index (χ1n) is 7.65. The van der Waals surface area contributed by atoms with Crippen molar-refractivity contribution >= 4 is 16.6 Å². The molecule has 1 saturated carbocycles. The smallest absolute Gasteiger partial charge is 0.0703 e. The Morgan fingerprint density at radius 3 is 2.90 bits per heavy atom. The number of anilines is 1. The molecule has 2 atom stereocenters. The molecule has 2 heteroatoms. The van der Waals surface area contributed by atoms with Crippen molar-refractivity contribution < 1.29 is 0 Å². The summed E-state index contributed by atoms with van der Waals surface area (Å²) >= 11 is 0. The molecule has 106 valence electrons. The van der Waals surface area contributed by atoms with Crippen molar-refractivity contribution in [1.82, 2.24) is 4.98 Å². The van der Waals surface area contributed by atoms with E-state index >= 15 is 0 Å². The Kier molecular flexibility index (Phi) is 3.41. The van der Waals surface area contributed by atoms with Crippen LogP contribution >= 0.6 is 0 Å². The Bertz CT molecular complexity index is 603. The van der Waals surface area contributed by atoms with E-state index in [9.17, 15) is 0 Å². The molecular formula is C18H24N2. The summed E-state index contributed by atoms with van der Waals surface area (Å²) in [4.78, 5) is 4.38. The molecule has 20 heavy (non-hydrogen) atoms. The van der Waals surface area contributed by atoms with Crippen LogP contribution in [0.25, 0.3) is 10.9 Å². The fourth-order valence-corrected chi connectivity index (χ4v) is 3.54. The number of aromatic nitrogens is 1. The van der Waals surface area contributed by atoms with Crippen molar-refractivity contribution in [2.45, 2.75) is 46.1 Å². The number of hydrogen-bond donors (Lipinski definition) is 1. The largest absolute Gasteiger partial charge is 0.382 e. The number of benzene rings is 1. The van der Waals surface area contributed by atoms with E-state index in [1.54, 1.807) is 0 Å². The lowest BCUT2D eigenvalue weighted by molar-refractivity contribution is 0.177. The molecule has 1 fully saturated rings. The summed E-state index contributed by atoms with van der Waals surface area (Å²) in [5.74, 6) is 0.725. The normalized spacial score (nSPS) is 25.6. The third-order valence-corrected chi connectivity index (χ3v) is 4.65. The molecule has 2 aromatic rings. The van der Waals surface area contributed by atoms with Crippen LogP contribution in [0.2, 0.25) is 0 Å². The number of hydrogen-bond acceptors (Lipinski definition) is 2. The van der Waals surface area contributed by atoms with Gasteiger partial charge >= 0.3 is 0 Å². The first-order valence-corrected chi connectivity index (χ1v) is 7.65. The van der Waals surface area contributed by atoms with E-state index in [1.165, 1.54) is 30.3 Å². The minimum atomic E-state index is 0.505. The lowest BCUT2D eigenvalue weighted by Gasteiger charge is -2.40. The van der Waals surface area contributed by atoms with Gasteiger partial charge in [0, 0.05) is 23.3 Å². The van der Waals surface area contributed by atoms with E-state index in [4.69, 9.17) is 0 Å². The highest BCUT2D eigenvalue weighted by Gasteiger charge is 2.32. The van der Waals surface area contributed by atoms with Crippen molar-refractivity contribution in [3.63, 3.8) is 0 Å². The van der Waals surface area contributed by atoms with Gasteiger partial charge in [0.15, 0.2) is 0 Å². The predicted molar refractivity (Wildman–Crippen MR) is 85.9 cm³/mol. The van der Waals surface area contributed by atoms with Crippen LogP contribution in [-0.4, -0.2) is 11.0 Å². The lowest BCUT2D eigenvalue weighted by Crippen LogP contribution is -2.36. The Morgan fingerprint density at radius 2 is 2.10 bits per heavy atom. The van der Waals surface area contributed by atoms with E-state index in [0.717, 1.165) is 11.4 Å². The summed E-state index contributed by atoms with van der Waals surface area (Å²) in [5, 5.41) is 4.94. The molecule has 2 unspecified atom stereocenters. The van der Waals surface area contributed by atoms with Gasteiger partial charge in [-0.05, 0) is 54.9 Å². The van der Waals surface area contributed by atoms with E-state index in [-0.39, 0.29) is 0 Å². The van der Waals surface area contributed by atoms with E-state index in [1.807, 2.05) is 12.3 Å². The summed E-state index contributed by atoms with van der Waals surface area (Å²) in [6, 6.07) is 11.2. The Labute approximate surface area is 121 Å². The quantitative estimate of drug-likeness (QED) is 0.841. The Morgan fingerprint density at radius 1 is 1.25 bits per heavy atom. The number of nitrogens with zero attached hydrogens (tertiary/aromatic N) is 1. The van der Waals surface area contributed by atoms with Gasteiger partial charge < -0.3 is 5.32 Å². The van der Waals surface area contributed by atoms with Crippen LogP contribution in [0.1, 0.15) is 40.0 Å². The summed E-state index contributed by atoms with van der Waals surface area (Å²) in [6.07, 6.45) is 5.73. The Balaban J connectivity index is 1.76. The number of nitrogens with one attached hydrogen (secondary N) is 1. The standard InChI is InChI=1S/C18H24N2/c1-13-12-18(2,3)9-8-16(13)20-15-6-7-17-14(11-15)5-4-10-19-17/h4-7,10-11,13,16,20H,8-9,12H2,1-3H3. The van der Waals surface area contributed by atoms with Gasteiger partial charge in [0.2, 0.25) is 0 Å². The lowest BCUT2D eigenvalue weighted by atomic mass is 9.70. The monoisotopic (exact) mass is 268 g/mol. The molecule has 0 bridgehead atoms. The van der Waals surface area contributed by atoms with Gasteiger partial charge in [-0.2, -0.15) is 0 Å². The van der Waals surface area contributed by atoms with Crippen molar-refractivity contribution in [3.05, 3.63) is 36.5 Å². The average Bonchev–Trinajstić information content (AvgIpc) is 2.41. The topological polar surface area (TPSA) is 24.9 Å². The molecule has 1 aliphatic carbocycles. The third-order valence-electron chi connectivity index (χ3n) is 4.65. The number of pyridine rings is 1. The third kappa shape index (κ3) is 2.79. The van der Waals surface area contributed by atoms with Gasteiger partial charge in [-0.1, -0.05) is 26.8 Å². The van der Waals surface area contributed by atoms with Gasteiger partial charge in [0.1, 0.15) is 0 Å². The van der Waals surface area contributed by atoms with Crippen LogP contribution in [0.5, 0.6) is 0 Å². The van der Waals surface area contributed by atoms with Crippen LogP contribution in [0, 0.1) is 11.3 Å². The first kappa shape index (κ1) is 13.4. The van der Waals surface area contributed by atoms with Gasteiger partial charge in [-0.3, -0.25) is 4.98 Å². The van der Waals surface area contributed by atoms with Crippen LogP contribution < -0.4 is 5.32 Å². The van der Waals surface area contributed by atoms with Gasteiger partial charge in [0.25, 0.3) is 0 Å². The fraction of sp³-hybridized carbons (Fsp3) is 0.500. The SMILES string of the molecule is CC1CC(C)(C)CCC1Nc1ccc2ncccc2c1.